The summed E-state index contributed by atoms with van der Waals surface area (Å²) >= 11 is 18.9. The highest BCUT2D eigenvalue weighted by Crippen LogP contribution is 2.31. The Morgan fingerprint density at radius 1 is 0.925 bits per heavy atom. The van der Waals surface area contributed by atoms with Crippen LogP contribution in [-0.4, -0.2) is 43.3 Å². The lowest BCUT2D eigenvalue weighted by atomic mass is 10.1. The molecule has 3 rings (SSSR count). The van der Waals surface area contributed by atoms with Gasteiger partial charge in [0.1, 0.15) is 12.6 Å². The van der Waals surface area contributed by atoms with Crippen LogP contribution in [0.4, 0.5) is 5.69 Å². The number of rotatable bonds is 9. The molecule has 0 aliphatic carbocycles. The van der Waals surface area contributed by atoms with E-state index in [0.717, 1.165) is 9.87 Å². The smallest absolute Gasteiger partial charge is 0.264 e. The quantitative estimate of drug-likeness (QED) is 0.295. The predicted octanol–water partition coefficient (Wildman–Crippen LogP) is 6.48. The Bertz CT molecular complexity index is 1490. The van der Waals surface area contributed by atoms with Crippen molar-refractivity contribution in [1.29, 1.82) is 0 Å². The number of benzene rings is 3. The van der Waals surface area contributed by atoms with Crippen LogP contribution in [-0.2, 0) is 26.2 Å². The maximum Gasteiger partial charge on any atom is 0.264 e. The van der Waals surface area contributed by atoms with Gasteiger partial charge in [0.05, 0.1) is 15.6 Å². The number of para-hydroxylation sites is 1. The number of nitrogens with one attached hydrogen (secondary N) is 1. The highest BCUT2D eigenvalue weighted by Gasteiger charge is 2.34. The van der Waals surface area contributed by atoms with Gasteiger partial charge >= 0.3 is 0 Å². The normalized spacial score (nSPS) is 12.5. The van der Waals surface area contributed by atoms with E-state index in [1.54, 1.807) is 55.5 Å². The van der Waals surface area contributed by atoms with Gasteiger partial charge in [0.2, 0.25) is 11.8 Å². The van der Waals surface area contributed by atoms with E-state index >= 15 is 0 Å². The van der Waals surface area contributed by atoms with E-state index in [1.807, 2.05) is 27.7 Å². The van der Waals surface area contributed by atoms with Gasteiger partial charge in [0.25, 0.3) is 10.0 Å². The van der Waals surface area contributed by atoms with Gasteiger partial charge in [0, 0.05) is 22.1 Å². The van der Waals surface area contributed by atoms with Crippen molar-refractivity contribution in [2.75, 3.05) is 10.8 Å². The zero-order valence-corrected chi connectivity index (χ0v) is 26.0. The Hall–Kier alpha value is -2.78. The predicted molar refractivity (Wildman–Crippen MR) is 162 cm³/mol. The lowest BCUT2D eigenvalue weighted by Gasteiger charge is -2.33. The van der Waals surface area contributed by atoms with Crippen molar-refractivity contribution in [3.8, 4) is 0 Å². The molecule has 0 saturated carbocycles. The molecule has 0 fully saturated rings. The third-order valence-corrected chi connectivity index (χ3v) is 8.71. The van der Waals surface area contributed by atoms with Crippen molar-refractivity contribution in [3.05, 3.63) is 92.9 Å². The van der Waals surface area contributed by atoms with Gasteiger partial charge < -0.3 is 10.2 Å². The molecule has 3 aromatic carbocycles. The van der Waals surface area contributed by atoms with Crippen molar-refractivity contribution in [2.24, 2.45) is 0 Å². The molecule has 40 heavy (non-hydrogen) atoms. The minimum Gasteiger partial charge on any atom is -0.350 e. The lowest BCUT2D eigenvalue weighted by molar-refractivity contribution is -0.140. The molecule has 1 unspecified atom stereocenters. The summed E-state index contributed by atoms with van der Waals surface area (Å²) in [6.45, 7) is 8.23. The number of carbonyl (C=O) groups is 2. The van der Waals surface area contributed by atoms with Gasteiger partial charge in [0.15, 0.2) is 0 Å². The summed E-state index contributed by atoms with van der Waals surface area (Å²) in [4.78, 5) is 28.5. The Morgan fingerprint density at radius 2 is 1.55 bits per heavy atom. The number of nitrogens with zero attached hydrogens (tertiary/aromatic N) is 2. The molecule has 1 N–H and O–H groups in total. The number of halogens is 3. The first-order chi connectivity index (χ1) is 18.6. The summed E-state index contributed by atoms with van der Waals surface area (Å²) in [6.07, 6.45) is 0. The third-order valence-electron chi connectivity index (χ3n) is 6.03. The first kappa shape index (κ1) is 31.7. The summed E-state index contributed by atoms with van der Waals surface area (Å²) in [5.41, 5.74) is 0.995. The van der Waals surface area contributed by atoms with Crippen molar-refractivity contribution in [3.63, 3.8) is 0 Å². The van der Waals surface area contributed by atoms with Crippen LogP contribution >= 0.6 is 34.8 Å². The fourth-order valence-corrected chi connectivity index (χ4v) is 6.08. The number of anilines is 1. The van der Waals surface area contributed by atoms with E-state index < -0.39 is 40.0 Å². The van der Waals surface area contributed by atoms with E-state index in [0.29, 0.717) is 15.6 Å². The van der Waals surface area contributed by atoms with Crippen molar-refractivity contribution < 1.29 is 18.0 Å². The summed E-state index contributed by atoms with van der Waals surface area (Å²) in [5, 5.41) is 3.75. The Labute approximate surface area is 251 Å². The largest absolute Gasteiger partial charge is 0.350 e. The Balaban J connectivity index is 2.07. The first-order valence-corrected chi connectivity index (χ1v) is 15.1. The molecular weight excluding hydrogens is 593 g/mol. The molecule has 0 bridgehead atoms. The second-order valence-electron chi connectivity index (χ2n) is 10.4. The second kappa shape index (κ2) is 12.8. The number of aryl methyl sites for hydroxylation is 1. The van der Waals surface area contributed by atoms with E-state index in [2.05, 4.69) is 5.32 Å². The lowest BCUT2D eigenvalue weighted by Crippen LogP contribution is -2.54. The first-order valence-electron chi connectivity index (χ1n) is 12.5. The van der Waals surface area contributed by atoms with Crippen LogP contribution in [0, 0.1) is 6.92 Å². The van der Waals surface area contributed by atoms with Gasteiger partial charge in [-0.2, -0.15) is 0 Å². The summed E-state index contributed by atoms with van der Waals surface area (Å²) in [6, 6.07) is 16.5. The van der Waals surface area contributed by atoms with Crippen LogP contribution in [0.3, 0.4) is 0 Å². The zero-order chi connectivity index (χ0) is 29.8. The molecule has 0 aromatic heterocycles. The van der Waals surface area contributed by atoms with Crippen molar-refractivity contribution in [2.45, 2.75) is 57.6 Å². The van der Waals surface area contributed by atoms with Crippen LogP contribution in [0.25, 0.3) is 0 Å². The second-order valence-corrected chi connectivity index (χ2v) is 13.6. The van der Waals surface area contributed by atoms with Gasteiger partial charge in [-0.25, -0.2) is 8.42 Å². The third kappa shape index (κ3) is 7.91. The fraction of sp³-hybridized carbons (Fsp3) is 0.310. The van der Waals surface area contributed by atoms with Gasteiger partial charge in [-0.3, -0.25) is 13.9 Å². The molecule has 11 heteroatoms. The summed E-state index contributed by atoms with van der Waals surface area (Å²) in [5.74, 6) is -1.03. The fourth-order valence-electron chi connectivity index (χ4n) is 3.89. The topological polar surface area (TPSA) is 86.8 Å². The maximum absolute atomic E-state index is 14.0. The van der Waals surface area contributed by atoms with Crippen LogP contribution in [0.5, 0.6) is 0 Å². The molecule has 0 heterocycles. The number of carbonyl (C=O) groups excluding carboxylic acids is 2. The average molecular weight is 625 g/mol. The van der Waals surface area contributed by atoms with Crippen LogP contribution < -0.4 is 9.62 Å². The van der Waals surface area contributed by atoms with Gasteiger partial charge in [-0.15, -0.1) is 0 Å². The van der Waals surface area contributed by atoms with Crippen LogP contribution in [0.1, 0.15) is 38.8 Å². The molecule has 0 spiro atoms. The molecule has 1 atom stereocenters. The van der Waals surface area contributed by atoms with Crippen molar-refractivity contribution >= 4 is 62.3 Å². The zero-order valence-electron chi connectivity index (χ0n) is 22.9. The van der Waals surface area contributed by atoms with E-state index in [4.69, 9.17) is 34.8 Å². The number of hydrogen-bond donors (Lipinski definition) is 1. The Morgan fingerprint density at radius 3 is 2.12 bits per heavy atom. The van der Waals surface area contributed by atoms with Gasteiger partial charge in [-0.1, -0.05) is 70.7 Å². The minimum absolute atomic E-state index is 0.00311. The monoisotopic (exact) mass is 623 g/mol. The van der Waals surface area contributed by atoms with Crippen LogP contribution in [0.15, 0.2) is 71.6 Å². The highest BCUT2D eigenvalue weighted by atomic mass is 35.5. The molecule has 3 aromatic rings. The molecule has 0 radical (unpaired) electrons. The highest BCUT2D eigenvalue weighted by molar-refractivity contribution is 7.92. The van der Waals surface area contributed by atoms with Crippen molar-refractivity contribution in [1.82, 2.24) is 10.2 Å². The Kier molecular flexibility index (Phi) is 10.2. The molecule has 0 aliphatic rings. The van der Waals surface area contributed by atoms with Crippen LogP contribution in [0.2, 0.25) is 15.1 Å². The number of amides is 2. The number of sulfonamides is 1. The summed E-state index contributed by atoms with van der Waals surface area (Å²) < 4.78 is 28.7. The maximum atomic E-state index is 14.0. The van der Waals surface area contributed by atoms with E-state index in [9.17, 15) is 18.0 Å². The van der Waals surface area contributed by atoms with E-state index in [1.165, 1.54) is 23.1 Å². The molecule has 7 nitrogen and oxygen atoms in total. The molecule has 0 saturated heterocycles. The molecular formula is C29H32Cl3N3O4S. The standard InChI is InChI=1S/C29H32Cl3N3O4S/c1-19-10-14-23(15-11-19)40(38,39)35(26-9-7-6-8-24(26)31)18-27(36)34(20(2)28(37)33-29(3,4)5)17-21-12-13-22(30)16-25(21)32/h6-16,20H,17-18H2,1-5H3,(H,33,37). The molecule has 214 valence electrons. The minimum atomic E-state index is -4.23. The number of hydrogen-bond acceptors (Lipinski definition) is 4. The molecule has 0 aliphatic heterocycles. The SMILES string of the molecule is Cc1ccc(S(=O)(=O)N(CC(=O)N(Cc2ccc(Cl)cc2Cl)C(C)C(=O)NC(C)(C)C)c2ccccc2Cl)cc1. The van der Waals surface area contributed by atoms with Gasteiger partial charge in [-0.05, 0) is 76.6 Å². The summed E-state index contributed by atoms with van der Waals surface area (Å²) in [7, 11) is -4.23. The molecule has 2 amide bonds. The van der Waals surface area contributed by atoms with E-state index in [-0.39, 0.29) is 22.2 Å². The average Bonchev–Trinajstić information content (AvgIpc) is 2.86.